The zero-order valence-electron chi connectivity index (χ0n) is 9.06. The van der Waals surface area contributed by atoms with Crippen LogP contribution in [-0.4, -0.2) is 36.8 Å². The van der Waals surface area contributed by atoms with E-state index in [2.05, 4.69) is 0 Å². The number of hydrogen-bond acceptors (Lipinski definition) is 2. The molecule has 0 heterocycles. The van der Waals surface area contributed by atoms with Gasteiger partial charge < -0.3 is 5.73 Å². The Morgan fingerprint density at radius 2 is 1.87 bits per heavy atom. The van der Waals surface area contributed by atoms with Gasteiger partial charge in [-0.15, -0.1) is 0 Å². The van der Waals surface area contributed by atoms with Crippen LogP contribution in [-0.2, 0) is 0 Å². The number of rotatable bonds is 4. The van der Waals surface area contributed by atoms with Crippen molar-refractivity contribution in [3.05, 3.63) is 0 Å². The zero-order valence-corrected chi connectivity index (χ0v) is 9.06. The molecule has 0 radical (unpaired) electrons. The molecule has 0 saturated heterocycles. The van der Waals surface area contributed by atoms with Gasteiger partial charge in [0.1, 0.15) is 6.04 Å². The molecule has 1 aliphatic carbocycles. The van der Waals surface area contributed by atoms with Crippen LogP contribution in [0.15, 0.2) is 0 Å². The van der Waals surface area contributed by atoms with E-state index in [4.69, 9.17) is 5.73 Å². The van der Waals surface area contributed by atoms with Crippen molar-refractivity contribution in [3.63, 3.8) is 0 Å². The summed E-state index contributed by atoms with van der Waals surface area (Å²) in [6.07, 6.45) is -0.307. The van der Waals surface area contributed by atoms with Crippen LogP contribution in [0.1, 0.15) is 32.1 Å². The van der Waals surface area contributed by atoms with E-state index in [1.54, 1.807) is 7.05 Å². The molecule has 1 atom stereocenters. The Morgan fingerprint density at radius 1 is 1.33 bits per heavy atom. The monoisotopic (exact) mass is 224 g/mol. The van der Waals surface area contributed by atoms with Gasteiger partial charge in [0, 0.05) is 6.04 Å². The van der Waals surface area contributed by atoms with Gasteiger partial charge in [-0.05, 0) is 32.9 Å². The molecule has 90 valence electrons. The average molecular weight is 224 g/mol. The molecule has 0 aromatic rings. The molecule has 1 fully saturated rings. The molecule has 1 saturated carbocycles. The first-order valence-corrected chi connectivity index (χ1v) is 5.45. The van der Waals surface area contributed by atoms with Crippen molar-refractivity contribution in [1.29, 1.82) is 0 Å². The molecular formula is C10H19F3N2. The van der Waals surface area contributed by atoms with E-state index >= 15 is 0 Å². The highest BCUT2D eigenvalue weighted by Crippen LogP contribution is 2.31. The summed E-state index contributed by atoms with van der Waals surface area (Å²) < 4.78 is 38.1. The van der Waals surface area contributed by atoms with E-state index in [0.717, 1.165) is 25.7 Å². The second-order valence-electron chi connectivity index (χ2n) is 4.24. The van der Waals surface area contributed by atoms with E-state index in [1.807, 2.05) is 0 Å². The number of halogens is 3. The molecular weight excluding hydrogens is 205 g/mol. The van der Waals surface area contributed by atoms with E-state index in [1.165, 1.54) is 4.90 Å². The summed E-state index contributed by atoms with van der Waals surface area (Å²) in [6.45, 7) is 0.0846. The van der Waals surface area contributed by atoms with Crippen LogP contribution in [0.2, 0.25) is 0 Å². The first-order chi connectivity index (χ1) is 6.96. The van der Waals surface area contributed by atoms with Gasteiger partial charge in [0.25, 0.3) is 0 Å². The van der Waals surface area contributed by atoms with E-state index in [9.17, 15) is 13.2 Å². The smallest absolute Gasteiger partial charge is 0.330 e. The Labute approximate surface area is 88.6 Å². The molecule has 0 bridgehead atoms. The lowest BCUT2D eigenvalue weighted by Crippen LogP contribution is -2.48. The molecule has 15 heavy (non-hydrogen) atoms. The molecule has 0 spiro atoms. The molecule has 1 unspecified atom stereocenters. The van der Waals surface area contributed by atoms with Gasteiger partial charge in [-0.25, -0.2) is 0 Å². The fourth-order valence-corrected chi connectivity index (χ4v) is 2.32. The second-order valence-corrected chi connectivity index (χ2v) is 4.24. The molecule has 1 rings (SSSR count). The number of alkyl halides is 3. The topological polar surface area (TPSA) is 29.3 Å². The van der Waals surface area contributed by atoms with Gasteiger partial charge in [-0.3, -0.25) is 4.90 Å². The van der Waals surface area contributed by atoms with Crippen molar-refractivity contribution >= 4 is 0 Å². The lowest BCUT2D eigenvalue weighted by Gasteiger charge is -2.34. The lowest BCUT2D eigenvalue weighted by atomic mass is 10.1. The standard InChI is InChI=1S/C10H19F3N2/c1-15(8-4-2-3-5-8)9(6-7-14)10(11,12)13/h8-9H,2-7,14H2,1H3. The highest BCUT2D eigenvalue weighted by molar-refractivity contribution is 4.84. The lowest BCUT2D eigenvalue weighted by molar-refractivity contribution is -0.186. The van der Waals surface area contributed by atoms with Crippen LogP contribution >= 0.6 is 0 Å². The second kappa shape index (κ2) is 5.16. The Hall–Kier alpha value is -0.290. The van der Waals surface area contributed by atoms with Crippen molar-refractivity contribution in [2.45, 2.75) is 50.4 Å². The van der Waals surface area contributed by atoms with Crippen molar-refractivity contribution in [2.24, 2.45) is 5.73 Å². The largest absolute Gasteiger partial charge is 0.404 e. The van der Waals surface area contributed by atoms with Gasteiger partial charge in [0.2, 0.25) is 0 Å². The summed E-state index contributed by atoms with van der Waals surface area (Å²) in [5, 5.41) is 0. The summed E-state index contributed by atoms with van der Waals surface area (Å²) in [4.78, 5) is 1.47. The van der Waals surface area contributed by atoms with Crippen LogP contribution in [0.25, 0.3) is 0 Å². The van der Waals surface area contributed by atoms with Gasteiger partial charge in [-0.2, -0.15) is 13.2 Å². The zero-order chi connectivity index (χ0) is 11.5. The summed E-state index contributed by atoms with van der Waals surface area (Å²) in [5.74, 6) is 0. The normalized spacial score (nSPS) is 21.2. The van der Waals surface area contributed by atoms with Crippen LogP contribution in [0, 0.1) is 0 Å². The minimum atomic E-state index is -4.16. The van der Waals surface area contributed by atoms with Crippen LogP contribution in [0.3, 0.4) is 0 Å². The minimum Gasteiger partial charge on any atom is -0.330 e. The van der Waals surface area contributed by atoms with E-state index < -0.39 is 12.2 Å². The maximum absolute atomic E-state index is 12.7. The maximum atomic E-state index is 12.7. The highest BCUT2D eigenvalue weighted by Gasteiger charge is 2.43. The number of hydrogen-bond donors (Lipinski definition) is 1. The third-order valence-electron chi connectivity index (χ3n) is 3.21. The van der Waals surface area contributed by atoms with Crippen LogP contribution < -0.4 is 5.73 Å². The van der Waals surface area contributed by atoms with Crippen molar-refractivity contribution in [3.8, 4) is 0 Å². The molecule has 2 nitrogen and oxygen atoms in total. The van der Waals surface area contributed by atoms with Gasteiger partial charge in [-0.1, -0.05) is 12.8 Å². The molecule has 0 aromatic carbocycles. The number of nitrogens with zero attached hydrogens (tertiary/aromatic N) is 1. The first kappa shape index (κ1) is 12.8. The minimum absolute atomic E-state index is 0.00347. The predicted molar refractivity (Wildman–Crippen MR) is 53.5 cm³/mol. The van der Waals surface area contributed by atoms with Gasteiger partial charge >= 0.3 is 6.18 Å². The summed E-state index contributed by atoms with van der Waals surface area (Å²) in [7, 11) is 1.57. The molecule has 1 aliphatic rings. The third-order valence-corrected chi connectivity index (χ3v) is 3.21. The SMILES string of the molecule is CN(C1CCCC1)C(CCN)C(F)(F)F. The number of nitrogens with two attached hydrogens (primary N) is 1. The fourth-order valence-electron chi connectivity index (χ4n) is 2.32. The Morgan fingerprint density at radius 3 is 2.27 bits per heavy atom. The van der Waals surface area contributed by atoms with Crippen molar-refractivity contribution in [2.75, 3.05) is 13.6 Å². The van der Waals surface area contributed by atoms with Gasteiger partial charge in [0.05, 0.1) is 0 Å². The summed E-state index contributed by atoms with van der Waals surface area (Å²) >= 11 is 0. The summed E-state index contributed by atoms with van der Waals surface area (Å²) in [5.41, 5.74) is 5.24. The highest BCUT2D eigenvalue weighted by atomic mass is 19.4. The molecule has 5 heteroatoms. The van der Waals surface area contributed by atoms with Crippen LogP contribution in [0.4, 0.5) is 13.2 Å². The van der Waals surface area contributed by atoms with Crippen LogP contribution in [0.5, 0.6) is 0 Å². The Balaban J connectivity index is 2.61. The quantitative estimate of drug-likeness (QED) is 0.792. The summed E-state index contributed by atoms with van der Waals surface area (Å²) in [6, 6.07) is -1.28. The molecule has 2 N–H and O–H groups in total. The van der Waals surface area contributed by atoms with Crippen molar-refractivity contribution < 1.29 is 13.2 Å². The van der Waals surface area contributed by atoms with E-state index in [-0.39, 0.29) is 19.0 Å². The Kier molecular flexibility index (Phi) is 4.40. The molecule has 0 amide bonds. The molecule has 0 aliphatic heterocycles. The Bertz CT molecular complexity index is 188. The van der Waals surface area contributed by atoms with Crippen molar-refractivity contribution in [1.82, 2.24) is 4.90 Å². The van der Waals surface area contributed by atoms with Gasteiger partial charge in [0.15, 0.2) is 0 Å². The predicted octanol–water partition coefficient (Wildman–Crippen LogP) is 2.14. The maximum Gasteiger partial charge on any atom is 0.404 e. The third kappa shape index (κ3) is 3.34. The fraction of sp³-hybridized carbons (Fsp3) is 1.00. The average Bonchev–Trinajstić information content (AvgIpc) is 2.63. The molecule has 0 aromatic heterocycles. The van der Waals surface area contributed by atoms with E-state index in [0.29, 0.717) is 0 Å². The first-order valence-electron chi connectivity index (χ1n) is 5.45.